The smallest absolute Gasteiger partial charge is 0.272 e. The SMILES string of the molecule is CNc1nccc(N2C[C@H](OC)[C@H](NC(=O)c3ncn4ccccc34)C2)n1. The van der Waals surface area contributed by atoms with Gasteiger partial charge in [-0.25, -0.2) is 9.97 Å². The highest BCUT2D eigenvalue weighted by Gasteiger charge is 2.35. The number of carbonyl (C=O) groups is 1. The quantitative estimate of drug-likeness (QED) is 0.688. The predicted octanol–water partition coefficient (Wildman–Crippen LogP) is 0.800. The molecule has 1 saturated heterocycles. The van der Waals surface area contributed by atoms with Crippen LogP contribution < -0.4 is 15.5 Å². The highest BCUT2D eigenvalue weighted by Crippen LogP contribution is 2.21. The fourth-order valence-electron chi connectivity index (χ4n) is 3.34. The summed E-state index contributed by atoms with van der Waals surface area (Å²) in [5.41, 5.74) is 1.18. The van der Waals surface area contributed by atoms with Crippen LogP contribution in [0.4, 0.5) is 11.8 Å². The summed E-state index contributed by atoms with van der Waals surface area (Å²) in [4.78, 5) is 27.7. The number of aromatic nitrogens is 4. The molecule has 2 atom stereocenters. The Morgan fingerprint density at radius 3 is 2.96 bits per heavy atom. The van der Waals surface area contributed by atoms with E-state index in [0.29, 0.717) is 24.7 Å². The maximum atomic E-state index is 12.8. The zero-order chi connectivity index (χ0) is 18.8. The van der Waals surface area contributed by atoms with Gasteiger partial charge in [0.15, 0.2) is 5.69 Å². The fourth-order valence-corrected chi connectivity index (χ4v) is 3.34. The first kappa shape index (κ1) is 17.2. The number of ether oxygens (including phenoxy) is 1. The van der Waals surface area contributed by atoms with Gasteiger partial charge in [-0.2, -0.15) is 4.98 Å². The molecule has 1 aliphatic rings. The second-order valence-electron chi connectivity index (χ2n) is 6.33. The van der Waals surface area contributed by atoms with Crippen LogP contribution in [0.15, 0.2) is 43.0 Å². The fraction of sp³-hybridized carbons (Fsp3) is 0.333. The van der Waals surface area contributed by atoms with Crippen molar-refractivity contribution in [1.29, 1.82) is 0 Å². The molecule has 0 bridgehead atoms. The topological polar surface area (TPSA) is 96.7 Å². The molecule has 0 unspecified atom stereocenters. The van der Waals surface area contributed by atoms with Crippen LogP contribution in [0.5, 0.6) is 0 Å². The van der Waals surface area contributed by atoms with Crippen LogP contribution in [-0.2, 0) is 4.74 Å². The molecule has 0 radical (unpaired) electrons. The number of imidazole rings is 1. The van der Waals surface area contributed by atoms with Gasteiger partial charge in [0.25, 0.3) is 5.91 Å². The Morgan fingerprint density at radius 2 is 2.15 bits per heavy atom. The van der Waals surface area contributed by atoms with E-state index in [9.17, 15) is 4.79 Å². The average Bonchev–Trinajstić information content (AvgIpc) is 3.32. The number of carbonyl (C=O) groups excluding carboxylic acids is 1. The molecule has 0 aliphatic carbocycles. The summed E-state index contributed by atoms with van der Waals surface area (Å²) in [6.07, 6.45) is 5.07. The number of methoxy groups -OCH3 is 1. The number of pyridine rings is 1. The molecule has 0 spiro atoms. The van der Waals surface area contributed by atoms with Crippen LogP contribution in [0.25, 0.3) is 5.52 Å². The van der Waals surface area contributed by atoms with Crippen molar-refractivity contribution in [2.24, 2.45) is 0 Å². The van der Waals surface area contributed by atoms with E-state index in [2.05, 4.69) is 30.5 Å². The van der Waals surface area contributed by atoms with Crippen LogP contribution in [0.2, 0.25) is 0 Å². The van der Waals surface area contributed by atoms with Gasteiger partial charge in [0.1, 0.15) is 12.1 Å². The molecule has 4 heterocycles. The van der Waals surface area contributed by atoms with Gasteiger partial charge in [0, 0.05) is 39.6 Å². The van der Waals surface area contributed by atoms with E-state index in [4.69, 9.17) is 4.74 Å². The number of amides is 1. The first-order valence-corrected chi connectivity index (χ1v) is 8.70. The third kappa shape index (κ3) is 3.28. The Bertz CT molecular complexity index is 958. The summed E-state index contributed by atoms with van der Waals surface area (Å²) in [6, 6.07) is 7.33. The molecule has 27 heavy (non-hydrogen) atoms. The van der Waals surface area contributed by atoms with E-state index in [1.54, 1.807) is 26.7 Å². The number of hydrogen-bond donors (Lipinski definition) is 2. The summed E-state index contributed by atoms with van der Waals surface area (Å²) in [5.74, 6) is 1.13. The first-order chi connectivity index (χ1) is 13.2. The van der Waals surface area contributed by atoms with Crippen molar-refractivity contribution in [3.8, 4) is 0 Å². The second kappa shape index (κ2) is 7.20. The molecule has 3 aromatic heterocycles. The molecule has 2 N–H and O–H groups in total. The largest absolute Gasteiger partial charge is 0.377 e. The van der Waals surface area contributed by atoms with E-state index in [-0.39, 0.29) is 18.1 Å². The minimum atomic E-state index is -0.212. The lowest BCUT2D eigenvalue weighted by Gasteiger charge is -2.18. The lowest BCUT2D eigenvalue weighted by molar-refractivity contribution is 0.0780. The van der Waals surface area contributed by atoms with E-state index in [1.807, 2.05) is 34.9 Å². The van der Waals surface area contributed by atoms with Crippen molar-refractivity contribution < 1.29 is 9.53 Å². The molecule has 1 aliphatic heterocycles. The summed E-state index contributed by atoms with van der Waals surface area (Å²) in [5, 5.41) is 6.00. The summed E-state index contributed by atoms with van der Waals surface area (Å²) >= 11 is 0. The van der Waals surface area contributed by atoms with Crippen molar-refractivity contribution in [1.82, 2.24) is 24.7 Å². The predicted molar refractivity (Wildman–Crippen MR) is 101 cm³/mol. The van der Waals surface area contributed by atoms with Crippen molar-refractivity contribution >= 4 is 23.2 Å². The van der Waals surface area contributed by atoms with Crippen molar-refractivity contribution in [2.75, 3.05) is 37.5 Å². The molecule has 0 saturated carbocycles. The van der Waals surface area contributed by atoms with E-state index < -0.39 is 0 Å². The Kier molecular flexibility index (Phi) is 4.59. The zero-order valence-corrected chi connectivity index (χ0v) is 15.2. The molecule has 9 nitrogen and oxygen atoms in total. The summed E-state index contributed by atoms with van der Waals surface area (Å²) in [6.45, 7) is 1.22. The number of rotatable bonds is 5. The summed E-state index contributed by atoms with van der Waals surface area (Å²) < 4.78 is 7.42. The second-order valence-corrected chi connectivity index (χ2v) is 6.33. The van der Waals surface area contributed by atoms with Gasteiger partial charge in [0.2, 0.25) is 5.95 Å². The van der Waals surface area contributed by atoms with Crippen LogP contribution >= 0.6 is 0 Å². The third-order valence-electron chi connectivity index (χ3n) is 4.73. The van der Waals surface area contributed by atoms with Gasteiger partial charge >= 0.3 is 0 Å². The summed E-state index contributed by atoms with van der Waals surface area (Å²) in [7, 11) is 3.43. The minimum Gasteiger partial charge on any atom is -0.377 e. The Labute approximate surface area is 156 Å². The van der Waals surface area contributed by atoms with Crippen molar-refractivity contribution in [2.45, 2.75) is 12.1 Å². The molecule has 140 valence electrons. The van der Waals surface area contributed by atoms with Crippen LogP contribution in [0.1, 0.15) is 10.5 Å². The zero-order valence-electron chi connectivity index (χ0n) is 15.2. The van der Waals surface area contributed by atoms with E-state index >= 15 is 0 Å². The molecule has 4 rings (SSSR count). The number of hydrogen-bond acceptors (Lipinski definition) is 7. The van der Waals surface area contributed by atoms with Gasteiger partial charge in [-0.05, 0) is 18.2 Å². The van der Waals surface area contributed by atoms with E-state index in [1.165, 1.54) is 0 Å². The third-order valence-corrected chi connectivity index (χ3v) is 4.73. The van der Waals surface area contributed by atoms with Gasteiger partial charge in [0.05, 0.1) is 17.7 Å². The lowest BCUT2D eigenvalue weighted by Crippen LogP contribution is -2.43. The van der Waals surface area contributed by atoms with E-state index in [0.717, 1.165) is 11.3 Å². The molecular formula is C18H21N7O2. The molecular weight excluding hydrogens is 346 g/mol. The Morgan fingerprint density at radius 1 is 1.26 bits per heavy atom. The number of fused-ring (bicyclic) bond motifs is 1. The van der Waals surface area contributed by atoms with Crippen molar-refractivity contribution in [3.63, 3.8) is 0 Å². The highest BCUT2D eigenvalue weighted by atomic mass is 16.5. The Hall–Kier alpha value is -3.20. The van der Waals surface area contributed by atoms with Crippen LogP contribution in [-0.4, -0.2) is 64.7 Å². The van der Waals surface area contributed by atoms with Crippen LogP contribution in [0.3, 0.4) is 0 Å². The number of nitrogens with one attached hydrogen (secondary N) is 2. The monoisotopic (exact) mass is 367 g/mol. The van der Waals surface area contributed by atoms with Gasteiger partial charge in [-0.15, -0.1) is 0 Å². The average molecular weight is 367 g/mol. The maximum Gasteiger partial charge on any atom is 0.272 e. The standard InChI is InChI=1S/C18H21N7O2/c1-19-18-20-7-6-15(23-18)25-9-12(14(10-25)27-2)22-17(26)16-13-5-3-4-8-24(13)11-21-16/h3-8,11-12,14H,9-10H2,1-2H3,(H,22,26)(H,19,20,23)/t12-,14+/m1/s1. The first-order valence-electron chi connectivity index (χ1n) is 8.70. The number of anilines is 2. The molecule has 1 amide bonds. The maximum absolute atomic E-state index is 12.8. The van der Waals surface area contributed by atoms with Gasteiger partial charge in [-0.1, -0.05) is 6.07 Å². The Balaban J connectivity index is 1.51. The molecule has 0 aromatic carbocycles. The molecule has 3 aromatic rings. The van der Waals surface area contributed by atoms with Crippen molar-refractivity contribution in [3.05, 3.63) is 48.7 Å². The molecule has 9 heteroatoms. The highest BCUT2D eigenvalue weighted by molar-refractivity contribution is 5.99. The molecule has 1 fully saturated rings. The normalized spacial score (nSPS) is 19.4. The van der Waals surface area contributed by atoms with Gasteiger partial charge in [-0.3, -0.25) is 4.79 Å². The lowest BCUT2D eigenvalue weighted by atomic mass is 10.2. The van der Waals surface area contributed by atoms with Crippen LogP contribution in [0, 0.1) is 0 Å². The number of nitrogens with zero attached hydrogens (tertiary/aromatic N) is 5. The van der Waals surface area contributed by atoms with Gasteiger partial charge < -0.3 is 24.7 Å². The minimum absolute atomic E-state index is 0.143.